The highest BCUT2D eigenvalue weighted by Crippen LogP contribution is 2.34. The van der Waals surface area contributed by atoms with Crippen LogP contribution in [-0.2, 0) is 10.9 Å². The molecule has 0 bridgehead atoms. The smallest absolute Gasteiger partial charge is 0.433 e. The summed E-state index contributed by atoms with van der Waals surface area (Å²) in [7, 11) is 0. The van der Waals surface area contributed by atoms with Crippen molar-refractivity contribution in [1.29, 1.82) is 0 Å². The zero-order chi connectivity index (χ0) is 21.3. The number of fused-ring (bicyclic) bond motifs is 1. The predicted molar refractivity (Wildman–Crippen MR) is 109 cm³/mol. The van der Waals surface area contributed by atoms with E-state index >= 15 is 0 Å². The van der Waals surface area contributed by atoms with E-state index in [9.17, 15) is 18.0 Å². The molecule has 158 valence electrons. The van der Waals surface area contributed by atoms with Crippen molar-refractivity contribution < 1.29 is 22.7 Å². The molecule has 3 aromatic rings. The second-order valence-electron chi connectivity index (χ2n) is 6.76. The molecule has 30 heavy (non-hydrogen) atoms. The number of anilines is 2. The van der Waals surface area contributed by atoms with Gasteiger partial charge in [0.2, 0.25) is 0 Å². The van der Waals surface area contributed by atoms with Gasteiger partial charge in [-0.25, -0.2) is 14.8 Å². The third-order valence-electron chi connectivity index (χ3n) is 4.84. The average Bonchev–Trinajstić information content (AvgIpc) is 3.23. The summed E-state index contributed by atoms with van der Waals surface area (Å²) in [5.74, 6) is -0.121. The number of carbonyl (C=O) groups excluding carboxylic acids is 1. The standard InChI is InChI=1S/C20H19F3N4O2S/c1-2-29-18(28)15-12-30-19(24-15)27-9-7-26(8-10-27)17-14-6-4-3-5-13(14)11-16(25-17)20(21,22)23/h3-6,11-12H,2,7-10H2,1H3. The quantitative estimate of drug-likeness (QED) is 0.571. The third kappa shape index (κ3) is 4.04. The van der Waals surface area contributed by atoms with Gasteiger partial charge in [-0.05, 0) is 18.4 Å². The first-order valence-corrected chi connectivity index (χ1v) is 10.3. The fourth-order valence-corrected chi connectivity index (χ4v) is 4.23. The van der Waals surface area contributed by atoms with Gasteiger partial charge < -0.3 is 14.5 Å². The molecule has 1 fully saturated rings. The van der Waals surface area contributed by atoms with E-state index in [1.54, 1.807) is 36.6 Å². The van der Waals surface area contributed by atoms with Crippen molar-refractivity contribution in [2.24, 2.45) is 0 Å². The number of ether oxygens (including phenoxy) is 1. The number of aromatic nitrogens is 2. The summed E-state index contributed by atoms with van der Waals surface area (Å²) in [6.07, 6.45) is -4.51. The predicted octanol–water partition coefficient (Wildman–Crippen LogP) is 4.21. The van der Waals surface area contributed by atoms with Gasteiger partial charge in [0.1, 0.15) is 11.5 Å². The lowest BCUT2D eigenvalue weighted by Gasteiger charge is -2.36. The first-order chi connectivity index (χ1) is 14.4. The summed E-state index contributed by atoms with van der Waals surface area (Å²) >= 11 is 1.35. The Morgan fingerprint density at radius 3 is 2.53 bits per heavy atom. The van der Waals surface area contributed by atoms with Gasteiger partial charge in [-0.15, -0.1) is 11.3 Å². The topological polar surface area (TPSA) is 58.6 Å². The summed E-state index contributed by atoms with van der Waals surface area (Å²) in [6.45, 7) is 4.11. The zero-order valence-corrected chi connectivity index (χ0v) is 17.0. The van der Waals surface area contributed by atoms with Crippen LogP contribution in [0, 0.1) is 0 Å². The summed E-state index contributed by atoms with van der Waals surface area (Å²) < 4.78 is 45.0. The van der Waals surface area contributed by atoms with Crippen LogP contribution in [0.1, 0.15) is 23.1 Å². The van der Waals surface area contributed by atoms with Gasteiger partial charge in [0, 0.05) is 36.9 Å². The van der Waals surface area contributed by atoms with Gasteiger partial charge in [0.05, 0.1) is 6.61 Å². The van der Waals surface area contributed by atoms with Gasteiger partial charge >= 0.3 is 12.1 Å². The molecule has 0 spiro atoms. The van der Waals surface area contributed by atoms with Crippen LogP contribution in [0.2, 0.25) is 0 Å². The second kappa shape index (κ2) is 8.10. The Morgan fingerprint density at radius 2 is 1.83 bits per heavy atom. The van der Waals surface area contributed by atoms with Gasteiger partial charge in [-0.2, -0.15) is 13.2 Å². The molecule has 6 nitrogen and oxygen atoms in total. The molecule has 4 rings (SSSR count). The Hall–Kier alpha value is -2.88. The Balaban J connectivity index is 1.54. The molecular formula is C20H19F3N4O2S. The number of esters is 1. The Labute approximate surface area is 174 Å². The van der Waals surface area contributed by atoms with Gasteiger partial charge in [0.15, 0.2) is 10.8 Å². The van der Waals surface area contributed by atoms with Crippen molar-refractivity contribution in [2.45, 2.75) is 13.1 Å². The maximum atomic E-state index is 13.3. The first kappa shape index (κ1) is 20.4. The normalized spacial score (nSPS) is 14.9. The Morgan fingerprint density at radius 1 is 1.13 bits per heavy atom. The van der Waals surface area contributed by atoms with E-state index in [0.29, 0.717) is 47.9 Å². The molecule has 1 saturated heterocycles. The van der Waals surface area contributed by atoms with Gasteiger partial charge in [-0.1, -0.05) is 24.3 Å². The highest BCUT2D eigenvalue weighted by atomic mass is 32.1. The number of rotatable bonds is 4. The van der Waals surface area contributed by atoms with E-state index in [0.717, 1.165) is 6.07 Å². The number of piperazine rings is 1. The first-order valence-electron chi connectivity index (χ1n) is 9.46. The Bertz CT molecular complexity index is 1060. The lowest BCUT2D eigenvalue weighted by Crippen LogP contribution is -2.47. The van der Waals surface area contributed by atoms with Crippen LogP contribution in [0.15, 0.2) is 35.7 Å². The van der Waals surface area contributed by atoms with E-state index in [1.165, 1.54) is 11.3 Å². The SMILES string of the molecule is CCOC(=O)c1csc(N2CCN(c3nc(C(F)(F)F)cc4ccccc34)CC2)n1. The molecule has 0 saturated carbocycles. The molecule has 1 aliphatic heterocycles. The van der Waals surface area contributed by atoms with Crippen molar-refractivity contribution >= 4 is 39.0 Å². The van der Waals surface area contributed by atoms with Crippen molar-refractivity contribution in [3.8, 4) is 0 Å². The van der Waals surface area contributed by atoms with Crippen LogP contribution >= 0.6 is 11.3 Å². The molecule has 0 unspecified atom stereocenters. The minimum atomic E-state index is -4.51. The maximum absolute atomic E-state index is 13.3. The second-order valence-corrected chi connectivity index (χ2v) is 7.60. The largest absolute Gasteiger partial charge is 0.461 e. The molecular weight excluding hydrogens is 417 g/mol. The Kier molecular flexibility index (Phi) is 5.50. The number of thiazole rings is 1. The summed E-state index contributed by atoms with van der Waals surface area (Å²) in [4.78, 5) is 24.0. The molecule has 0 aliphatic carbocycles. The van der Waals surface area contributed by atoms with Crippen LogP contribution in [0.25, 0.3) is 10.8 Å². The lowest BCUT2D eigenvalue weighted by molar-refractivity contribution is -0.141. The number of carbonyl (C=O) groups is 1. The molecule has 10 heteroatoms. The van der Waals surface area contributed by atoms with Crippen LogP contribution in [0.4, 0.5) is 24.1 Å². The van der Waals surface area contributed by atoms with Crippen molar-refractivity contribution in [2.75, 3.05) is 42.6 Å². The van der Waals surface area contributed by atoms with Crippen LogP contribution < -0.4 is 9.80 Å². The van der Waals surface area contributed by atoms with E-state index < -0.39 is 17.8 Å². The van der Waals surface area contributed by atoms with E-state index in [2.05, 4.69) is 9.97 Å². The van der Waals surface area contributed by atoms with Crippen LogP contribution in [0.3, 0.4) is 0 Å². The molecule has 0 N–H and O–H groups in total. The lowest BCUT2D eigenvalue weighted by atomic mass is 10.1. The van der Waals surface area contributed by atoms with Crippen molar-refractivity contribution in [3.63, 3.8) is 0 Å². The molecule has 2 aromatic heterocycles. The molecule has 3 heterocycles. The number of pyridine rings is 1. The van der Waals surface area contributed by atoms with E-state index in [4.69, 9.17) is 4.74 Å². The molecule has 0 atom stereocenters. The zero-order valence-electron chi connectivity index (χ0n) is 16.1. The van der Waals surface area contributed by atoms with E-state index in [1.807, 2.05) is 9.80 Å². The number of alkyl halides is 3. The molecule has 1 aliphatic rings. The fraction of sp³-hybridized carbons (Fsp3) is 0.350. The summed E-state index contributed by atoms with van der Waals surface area (Å²) in [5, 5.41) is 3.55. The maximum Gasteiger partial charge on any atom is 0.433 e. The highest BCUT2D eigenvalue weighted by molar-refractivity contribution is 7.13. The molecule has 0 radical (unpaired) electrons. The number of nitrogens with zero attached hydrogens (tertiary/aromatic N) is 4. The summed E-state index contributed by atoms with van der Waals surface area (Å²) in [6, 6.07) is 8.05. The number of hydrogen-bond acceptors (Lipinski definition) is 7. The number of hydrogen-bond donors (Lipinski definition) is 0. The van der Waals surface area contributed by atoms with Crippen LogP contribution in [0.5, 0.6) is 0 Å². The minimum absolute atomic E-state index is 0.268. The highest BCUT2D eigenvalue weighted by Gasteiger charge is 2.34. The minimum Gasteiger partial charge on any atom is -0.461 e. The monoisotopic (exact) mass is 436 g/mol. The summed E-state index contributed by atoms with van der Waals surface area (Å²) in [5.41, 5.74) is -0.623. The number of benzene rings is 1. The van der Waals surface area contributed by atoms with Gasteiger partial charge in [0.25, 0.3) is 0 Å². The van der Waals surface area contributed by atoms with Crippen molar-refractivity contribution in [3.05, 3.63) is 47.1 Å². The number of halogens is 3. The van der Waals surface area contributed by atoms with E-state index in [-0.39, 0.29) is 12.3 Å². The molecule has 1 aromatic carbocycles. The van der Waals surface area contributed by atoms with Crippen molar-refractivity contribution in [1.82, 2.24) is 9.97 Å². The fourth-order valence-electron chi connectivity index (χ4n) is 3.38. The van der Waals surface area contributed by atoms with Gasteiger partial charge in [-0.3, -0.25) is 0 Å². The third-order valence-corrected chi connectivity index (χ3v) is 5.74. The molecule has 0 amide bonds. The van der Waals surface area contributed by atoms with Crippen LogP contribution in [-0.4, -0.2) is 48.7 Å². The average molecular weight is 436 g/mol.